The van der Waals surface area contributed by atoms with Gasteiger partial charge in [-0.3, -0.25) is 10.3 Å². The third kappa shape index (κ3) is 3.77. The number of carbonyl (C=O) groups is 1. The summed E-state index contributed by atoms with van der Waals surface area (Å²) in [7, 11) is 0. The van der Waals surface area contributed by atoms with E-state index in [0.717, 1.165) is 17.9 Å². The number of aromatic hydroxyl groups is 1. The SMILES string of the molecule is CC1(C)C2CCC1(C)C(OC(=O)c1ccc(N(O)Cc3cc(Cl)cc(Cl)c3O)cc1)C2. The van der Waals surface area contributed by atoms with Crippen LogP contribution >= 0.6 is 23.2 Å². The fourth-order valence-electron chi connectivity index (χ4n) is 5.27. The van der Waals surface area contributed by atoms with Crippen LogP contribution in [0.2, 0.25) is 10.0 Å². The van der Waals surface area contributed by atoms with Gasteiger partial charge in [-0.05, 0) is 67.0 Å². The normalized spacial score (nSPS) is 26.1. The predicted molar refractivity (Wildman–Crippen MR) is 121 cm³/mol. The standard InChI is InChI=1S/C24H27Cl2NO4/c1-23(2)16-8-9-24(23,3)20(11-16)31-22(29)14-4-6-18(7-5-14)27(30)13-15-10-17(25)12-19(26)21(15)28/h4-7,10,12,16,20,28,30H,8-9,11,13H2,1-3H3. The summed E-state index contributed by atoms with van der Waals surface area (Å²) in [4.78, 5) is 12.8. The Kier molecular flexibility index (Phi) is 5.65. The Morgan fingerprint density at radius 2 is 1.87 bits per heavy atom. The highest BCUT2D eigenvalue weighted by Gasteiger charge is 2.62. The smallest absolute Gasteiger partial charge is 0.338 e. The Hall–Kier alpha value is -1.95. The number of hydrogen-bond acceptors (Lipinski definition) is 5. The lowest BCUT2D eigenvalue weighted by atomic mass is 9.70. The Balaban J connectivity index is 1.43. The molecular formula is C24H27Cl2NO4. The molecule has 2 aromatic rings. The van der Waals surface area contributed by atoms with Gasteiger partial charge in [-0.2, -0.15) is 0 Å². The number of esters is 1. The van der Waals surface area contributed by atoms with Gasteiger partial charge in [0.05, 0.1) is 22.8 Å². The maximum atomic E-state index is 12.8. The number of ether oxygens (including phenoxy) is 1. The lowest BCUT2D eigenvalue weighted by molar-refractivity contribution is -0.0242. The van der Waals surface area contributed by atoms with Crippen LogP contribution < -0.4 is 5.06 Å². The number of carbonyl (C=O) groups excluding carboxylic acids is 1. The molecule has 2 bridgehead atoms. The van der Waals surface area contributed by atoms with Crippen molar-refractivity contribution in [2.24, 2.45) is 16.7 Å². The molecular weight excluding hydrogens is 437 g/mol. The van der Waals surface area contributed by atoms with Crippen LogP contribution in [0.25, 0.3) is 0 Å². The molecule has 0 aromatic heterocycles. The third-order valence-corrected chi connectivity index (χ3v) is 8.30. The van der Waals surface area contributed by atoms with E-state index in [4.69, 9.17) is 27.9 Å². The lowest BCUT2D eigenvalue weighted by Crippen LogP contribution is -2.38. The van der Waals surface area contributed by atoms with E-state index in [1.807, 2.05) is 0 Å². The number of anilines is 1. The van der Waals surface area contributed by atoms with Gasteiger partial charge in [0, 0.05) is 16.0 Å². The lowest BCUT2D eigenvalue weighted by Gasteiger charge is -2.38. The number of hydrogen-bond donors (Lipinski definition) is 2. The summed E-state index contributed by atoms with van der Waals surface area (Å²) in [6, 6.07) is 9.49. The first kappa shape index (κ1) is 22.3. The molecule has 0 aliphatic heterocycles. The van der Waals surface area contributed by atoms with Gasteiger partial charge in [0.1, 0.15) is 11.9 Å². The number of nitrogens with zero attached hydrogens (tertiary/aromatic N) is 1. The van der Waals surface area contributed by atoms with Crippen molar-refractivity contribution in [3.8, 4) is 5.75 Å². The van der Waals surface area contributed by atoms with Crippen molar-refractivity contribution in [1.29, 1.82) is 0 Å². The zero-order chi connectivity index (χ0) is 22.6. The van der Waals surface area contributed by atoms with E-state index >= 15 is 0 Å². The van der Waals surface area contributed by atoms with Crippen LogP contribution in [0.1, 0.15) is 56.0 Å². The number of rotatable bonds is 5. The minimum absolute atomic E-state index is 0.00932. The quantitative estimate of drug-likeness (QED) is 0.392. The van der Waals surface area contributed by atoms with E-state index in [1.54, 1.807) is 24.3 Å². The number of benzene rings is 2. The van der Waals surface area contributed by atoms with Crippen molar-refractivity contribution in [2.75, 3.05) is 5.06 Å². The van der Waals surface area contributed by atoms with Crippen LogP contribution in [0, 0.1) is 16.7 Å². The van der Waals surface area contributed by atoms with Crippen molar-refractivity contribution in [2.45, 2.75) is 52.7 Å². The highest BCUT2D eigenvalue weighted by molar-refractivity contribution is 6.35. The molecule has 0 spiro atoms. The van der Waals surface area contributed by atoms with Crippen LogP contribution in [-0.4, -0.2) is 22.4 Å². The van der Waals surface area contributed by atoms with E-state index in [9.17, 15) is 15.1 Å². The van der Waals surface area contributed by atoms with Crippen LogP contribution in [-0.2, 0) is 11.3 Å². The number of fused-ring (bicyclic) bond motifs is 2. The summed E-state index contributed by atoms with van der Waals surface area (Å²) in [5, 5.41) is 21.9. The molecule has 31 heavy (non-hydrogen) atoms. The summed E-state index contributed by atoms with van der Waals surface area (Å²) in [5.41, 5.74) is 1.47. The van der Waals surface area contributed by atoms with Gasteiger partial charge in [0.25, 0.3) is 0 Å². The van der Waals surface area contributed by atoms with Gasteiger partial charge in [-0.25, -0.2) is 4.79 Å². The van der Waals surface area contributed by atoms with Crippen LogP contribution in [0.3, 0.4) is 0 Å². The molecule has 3 atom stereocenters. The Labute approximate surface area is 192 Å². The first-order valence-electron chi connectivity index (χ1n) is 10.5. The molecule has 4 rings (SSSR count). The van der Waals surface area contributed by atoms with Gasteiger partial charge in [0.15, 0.2) is 0 Å². The largest absolute Gasteiger partial charge is 0.506 e. The molecule has 5 nitrogen and oxygen atoms in total. The van der Waals surface area contributed by atoms with Crippen molar-refractivity contribution >= 4 is 34.9 Å². The first-order valence-corrected chi connectivity index (χ1v) is 11.2. The van der Waals surface area contributed by atoms with E-state index in [-0.39, 0.29) is 40.2 Å². The Morgan fingerprint density at radius 1 is 1.19 bits per heavy atom. The topological polar surface area (TPSA) is 70.0 Å². The van der Waals surface area contributed by atoms with Crippen molar-refractivity contribution in [3.63, 3.8) is 0 Å². The zero-order valence-corrected chi connectivity index (χ0v) is 19.4. The van der Waals surface area contributed by atoms with Crippen molar-refractivity contribution < 1.29 is 19.8 Å². The van der Waals surface area contributed by atoms with Crippen LogP contribution in [0.15, 0.2) is 36.4 Å². The summed E-state index contributed by atoms with van der Waals surface area (Å²) < 4.78 is 5.93. The predicted octanol–water partition coefficient (Wildman–Crippen LogP) is 6.47. The van der Waals surface area contributed by atoms with Gasteiger partial charge in [-0.1, -0.05) is 44.0 Å². The molecule has 2 aliphatic rings. The molecule has 166 valence electrons. The van der Waals surface area contributed by atoms with E-state index in [2.05, 4.69) is 20.8 Å². The minimum Gasteiger partial charge on any atom is -0.506 e. The van der Waals surface area contributed by atoms with Gasteiger partial charge in [0.2, 0.25) is 0 Å². The second-order valence-corrected chi connectivity index (χ2v) is 10.3. The van der Waals surface area contributed by atoms with Crippen LogP contribution in [0.4, 0.5) is 5.69 Å². The fourth-order valence-corrected chi connectivity index (χ4v) is 5.80. The van der Waals surface area contributed by atoms with Crippen molar-refractivity contribution in [1.82, 2.24) is 0 Å². The molecule has 3 unspecified atom stereocenters. The van der Waals surface area contributed by atoms with Crippen molar-refractivity contribution in [3.05, 3.63) is 57.6 Å². The maximum Gasteiger partial charge on any atom is 0.338 e. The van der Waals surface area contributed by atoms with Gasteiger partial charge < -0.3 is 9.84 Å². The number of phenolic OH excluding ortho intramolecular Hbond substituents is 1. The average molecular weight is 464 g/mol. The second-order valence-electron chi connectivity index (χ2n) is 9.50. The summed E-state index contributed by atoms with van der Waals surface area (Å²) in [5.74, 6) is 0.120. The maximum absolute atomic E-state index is 12.8. The highest BCUT2D eigenvalue weighted by atomic mass is 35.5. The molecule has 2 fully saturated rings. The van der Waals surface area contributed by atoms with Gasteiger partial charge >= 0.3 is 5.97 Å². The number of hydroxylamine groups is 1. The summed E-state index contributed by atoms with van der Waals surface area (Å²) >= 11 is 11.9. The number of phenols is 1. The first-order chi connectivity index (χ1) is 14.5. The molecule has 2 aromatic carbocycles. The Bertz CT molecular complexity index is 1010. The molecule has 2 N–H and O–H groups in total. The molecule has 2 aliphatic carbocycles. The fraction of sp³-hybridized carbons (Fsp3) is 0.458. The molecule has 0 radical (unpaired) electrons. The van der Waals surface area contributed by atoms with Gasteiger partial charge in [-0.15, -0.1) is 0 Å². The average Bonchev–Trinajstić information content (AvgIpc) is 3.05. The number of halogens is 2. The highest BCUT2D eigenvalue weighted by Crippen LogP contribution is 2.66. The summed E-state index contributed by atoms with van der Waals surface area (Å²) in [6.07, 6.45) is 3.13. The zero-order valence-electron chi connectivity index (χ0n) is 17.9. The summed E-state index contributed by atoms with van der Waals surface area (Å²) in [6.45, 7) is 6.79. The molecule has 7 heteroatoms. The van der Waals surface area contributed by atoms with E-state index in [0.29, 0.717) is 27.8 Å². The van der Waals surface area contributed by atoms with E-state index < -0.39 is 0 Å². The monoisotopic (exact) mass is 463 g/mol. The Morgan fingerprint density at radius 3 is 2.45 bits per heavy atom. The molecule has 0 heterocycles. The second kappa shape index (κ2) is 7.88. The minimum atomic E-state index is -0.343. The molecule has 0 amide bonds. The molecule has 2 saturated carbocycles. The van der Waals surface area contributed by atoms with E-state index in [1.165, 1.54) is 18.6 Å². The third-order valence-electron chi connectivity index (χ3n) is 7.79. The molecule has 0 saturated heterocycles. The van der Waals surface area contributed by atoms with Crippen LogP contribution in [0.5, 0.6) is 5.75 Å².